The molecular weight excluding hydrogens is 236 g/mol. The number of nitrogens with one attached hydrogen (secondary N) is 1. The summed E-state index contributed by atoms with van der Waals surface area (Å²) in [7, 11) is 0. The minimum absolute atomic E-state index is 0.155. The van der Waals surface area contributed by atoms with E-state index in [1.807, 2.05) is 17.6 Å². The van der Waals surface area contributed by atoms with Crippen molar-refractivity contribution in [2.45, 2.75) is 12.5 Å². The number of thiazole rings is 1. The predicted molar refractivity (Wildman–Crippen MR) is 66.1 cm³/mol. The van der Waals surface area contributed by atoms with Crippen molar-refractivity contribution in [3.8, 4) is 0 Å². The maximum Gasteiger partial charge on any atom is 0.307 e. The van der Waals surface area contributed by atoms with Gasteiger partial charge < -0.3 is 10.4 Å². The second kappa shape index (κ2) is 4.09. The van der Waals surface area contributed by atoms with Crippen LogP contribution in [0.1, 0.15) is 18.0 Å². The van der Waals surface area contributed by atoms with Gasteiger partial charge in [-0.05, 0) is 24.1 Å². The van der Waals surface area contributed by atoms with Crippen LogP contribution in [0.4, 0.5) is 0 Å². The van der Waals surface area contributed by atoms with Crippen LogP contribution in [-0.4, -0.2) is 22.6 Å². The van der Waals surface area contributed by atoms with Crippen LogP contribution in [0.3, 0.4) is 0 Å². The Morgan fingerprint density at radius 3 is 3.18 bits per heavy atom. The number of benzene rings is 1. The summed E-state index contributed by atoms with van der Waals surface area (Å²) in [5, 5.41) is 12.2. The van der Waals surface area contributed by atoms with Crippen molar-refractivity contribution < 1.29 is 9.90 Å². The van der Waals surface area contributed by atoms with Crippen LogP contribution in [0.5, 0.6) is 0 Å². The van der Waals surface area contributed by atoms with E-state index in [9.17, 15) is 4.79 Å². The zero-order valence-corrected chi connectivity index (χ0v) is 9.91. The molecule has 1 aliphatic heterocycles. The number of hydrogen-bond acceptors (Lipinski definition) is 4. The Balaban J connectivity index is 1.87. The quantitative estimate of drug-likeness (QED) is 0.853. The first-order valence-electron chi connectivity index (χ1n) is 5.53. The molecule has 0 saturated carbocycles. The maximum atomic E-state index is 10.9. The van der Waals surface area contributed by atoms with E-state index >= 15 is 0 Å². The molecule has 1 aliphatic rings. The van der Waals surface area contributed by atoms with Crippen molar-refractivity contribution in [2.24, 2.45) is 5.92 Å². The molecule has 1 aromatic carbocycles. The fourth-order valence-electron chi connectivity index (χ4n) is 2.27. The Kier molecular flexibility index (Phi) is 2.57. The molecule has 3 rings (SSSR count). The molecule has 88 valence electrons. The third-order valence-electron chi connectivity index (χ3n) is 3.24. The molecule has 0 aliphatic carbocycles. The van der Waals surface area contributed by atoms with E-state index in [-0.39, 0.29) is 12.0 Å². The molecule has 1 fully saturated rings. The lowest BCUT2D eigenvalue weighted by Gasteiger charge is -2.10. The molecule has 2 aromatic rings. The van der Waals surface area contributed by atoms with Gasteiger partial charge in [-0.3, -0.25) is 4.79 Å². The molecule has 2 atom stereocenters. The van der Waals surface area contributed by atoms with Gasteiger partial charge in [0, 0.05) is 12.6 Å². The van der Waals surface area contributed by atoms with Crippen molar-refractivity contribution in [1.29, 1.82) is 0 Å². The van der Waals surface area contributed by atoms with E-state index < -0.39 is 5.97 Å². The summed E-state index contributed by atoms with van der Waals surface area (Å²) in [5.41, 5.74) is 3.99. The van der Waals surface area contributed by atoms with Crippen molar-refractivity contribution in [2.75, 3.05) is 6.54 Å². The minimum Gasteiger partial charge on any atom is -0.481 e. The summed E-state index contributed by atoms with van der Waals surface area (Å²) in [5.74, 6) is -0.976. The van der Waals surface area contributed by atoms with Crippen LogP contribution in [0.2, 0.25) is 0 Å². The number of hydrogen-bond donors (Lipinski definition) is 2. The number of carbonyl (C=O) groups is 1. The molecule has 4 nitrogen and oxygen atoms in total. The molecule has 1 aromatic heterocycles. The normalized spacial score (nSPS) is 24.2. The first-order chi connectivity index (χ1) is 8.24. The van der Waals surface area contributed by atoms with Gasteiger partial charge >= 0.3 is 5.97 Å². The SMILES string of the molecule is O=C(O)C1CNC(c2ccc3ncsc3c2)C1. The van der Waals surface area contributed by atoms with E-state index in [2.05, 4.69) is 16.4 Å². The monoisotopic (exact) mass is 248 g/mol. The third-order valence-corrected chi connectivity index (χ3v) is 4.03. The van der Waals surface area contributed by atoms with Gasteiger partial charge in [0.25, 0.3) is 0 Å². The Labute approximate surface area is 102 Å². The standard InChI is InChI=1S/C12H12N2O2S/c15-12(16)8-3-10(13-5-8)7-1-2-9-11(4-7)17-6-14-9/h1-2,4,6,8,10,13H,3,5H2,(H,15,16). The first kappa shape index (κ1) is 10.7. The second-order valence-electron chi connectivity index (χ2n) is 4.31. The summed E-state index contributed by atoms with van der Waals surface area (Å²) in [6.07, 6.45) is 0.666. The highest BCUT2D eigenvalue weighted by Gasteiger charge is 2.30. The predicted octanol–water partition coefficient (Wildman–Crippen LogP) is 2.03. The van der Waals surface area contributed by atoms with Crippen LogP contribution in [-0.2, 0) is 4.79 Å². The number of rotatable bonds is 2. The molecule has 1 saturated heterocycles. The van der Waals surface area contributed by atoms with Gasteiger partial charge in [0.2, 0.25) is 0 Å². The Hall–Kier alpha value is -1.46. The van der Waals surface area contributed by atoms with Crippen molar-refractivity contribution in [3.05, 3.63) is 29.3 Å². The highest BCUT2D eigenvalue weighted by molar-refractivity contribution is 7.16. The zero-order valence-electron chi connectivity index (χ0n) is 9.09. The molecule has 0 radical (unpaired) electrons. The van der Waals surface area contributed by atoms with Gasteiger partial charge in [-0.15, -0.1) is 11.3 Å². The van der Waals surface area contributed by atoms with Gasteiger partial charge in [0.1, 0.15) is 0 Å². The fraction of sp³-hybridized carbons (Fsp3) is 0.333. The van der Waals surface area contributed by atoms with Gasteiger partial charge in [0.05, 0.1) is 21.6 Å². The summed E-state index contributed by atoms with van der Waals surface area (Å²) in [4.78, 5) is 15.1. The van der Waals surface area contributed by atoms with Gasteiger partial charge in [-0.1, -0.05) is 6.07 Å². The number of aliphatic carboxylic acids is 1. The first-order valence-corrected chi connectivity index (χ1v) is 6.41. The fourth-order valence-corrected chi connectivity index (χ4v) is 2.99. The molecule has 2 unspecified atom stereocenters. The lowest BCUT2D eigenvalue weighted by molar-refractivity contribution is -0.141. The third kappa shape index (κ3) is 1.92. The molecule has 0 bridgehead atoms. The lowest BCUT2D eigenvalue weighted by atomic mass is 10.0. The molecule has 2 heterocycles. The van der Waals surface area contributed by atoms with Crippen molar-refractivity contribution in [1.82, 2.24) is 10.3 Å². The largest absolute Gasteiger partial charge is 0.481 e. The molecule has 2 N–H and O–H groups in total. The smallest absolute Gasteiger partial charge is 0.307 e. The number of nitrogens with zero attached hydrogens (tertiary/aromatic N) is 1. The second-order valence-corrected chi connectivity index (χ2v) is 5.20. The van der Waals surface area contributed by atoms with E-state index in [0.717, 1.165) is 15.8 Å². The summed E-state index contributed by atoms with van der Waals surface area (Å²) in [6.45, 7) is 0.556. The van der Waals surface area contributed by atoms with Crippen LogP contribution >= 0.6 is 11.3 Å². The van der Waals surface area contributed by atoms with E-state index in [1.54, 1.807) is 11.3 Å². The Bertz CT molecular complexity index is 566. The van der Waals surface area contributed by atoms with Crippen molar-refractivity contribution in [3.63, 3.8) is 0 Å². The summed E-state index contributed by atoms with van der Waals surface area (Å²) >= 11 is 1.61. The molecule has 0 amide bonds. The summed E-state index contributed by atoms with van der Waals surface area (Å²) in [6, 6.07) is 6.29. The van der Waals surface area contributed by atoms with Gasteiger partial charge in [-0.2, -0.15) is 0 Å². The summed E-state index contributed by atoms with van der Waals surface area (Å²) < 4.78 is 1.16. The van der Waals surface area contributed by atoms with Crippen LogP contribution in [0.15, 0.2) is 23.7 Å². The van der Waals surface area contributed by atoms with E-state index in [1.165, 1.54) is 0 Å². The van der Waals surface area contributed by atoms with Crippen LogP contribution in [0.25, 0.3) is 10.2 Å². The van der Waals surface area contributed by atoms with Gasteiger partial charge in [-0.25, -0.2) is 4.98 Å². The number of carboxylic acid groups (broad SMARTS) is 1. The zero-order chi connectivity index (χ0) is 11.8. The maximum absolute atomic E-state index is 10.9. The average Bonchev–Trinajstić information content (AvgIpc) is 2.97. The molecular formula is C12H12N2O2S. The minimum atomic E-state index is -0.709. The number of aromatic nitrogens is 1. The number of fused-ring (bicyclic) bond motifs is 1. The lowest BCUT2D eigenvalue weighted by Crippen LogP contribution is -2.17. The van der Waals surface area contributed by atoms with Crippen LogP contribution < -0.4 is 5.32 Å². The van der Waals surface area contributed by atoms with E-state index in [0.29, 0.717) is 13.0 Å². The highest BCUT2D eigenvalue weighted by Crippen LogP contribution is 2.30. The number of carboxylic acids is 1. The van der Waals surface area contributed by atoms with Crippen LogP contribution in [0, 0.1) is 5.92 Å². The topological polar surface area (TPSA) is 62.2 Å². The Morgan fingerprint density at radius 1 is 1.53 bits per heavy atom. The Morgan fingerprint density at radius 2 is 2.41 bits per heavy atom. The molecule has 17 heavy (non-hydrogen) atoms. The van der Waals surface area contributed by atoms with E-state index in [4.69, 9.17) is 5.11 Å². The highest BCUT2D eigenvalue weighted by atomic mass is 32.1. The average molecular weight is 248 g/mol. The van der Waals surface area contributed by atoms with Crippen molar-refractivity contribution >= 4 is 27.5 Å². The molecule has 5 heteroatoms. The van der Waals surface area contributed by atoms with Gasteiger partial charge in [0.15, 0.2) is 0 Å². The molecule has 0 spiro atoms.